The van der Waals surface area contributed by atoms with E-state index < -0.39 is 6.09 Å². The Hall–Kier alpha value is -3.49. The van der Waals surface area contributed by atoms with Crippen molar-refractivity contribution in [2.75, 3.05) is 27.2 Å². The molecule has 1 aromatic heterocycles. The third kappa shape index (κ3) is 5.31. The van der Waals surface area contributed by atoms with Crippen LogP contribution in [0.25, 0.3) is 11.1 Å². The van der Waals surface area contributed by atoms with Crippen molar-refractivity contribution in [2.45, 2.75) is 52.4 Å². The first-order valence-electron chi connectivity index (χ1n) is 12.9. The van der Waals surface area contributed by atoms with Crippen LogP contribution < -0.4 is 4.48 Å². The van der Waals surface area contributed by atoms with Gasteiger partial charge in [-0.15, -0.1) is 0 Å². The molecular weight excluding hydrogens is 466 g/mol. The molecule has 1 aliphatic rings. The summed E-state index contributed by atoms with van der Waals surface area (Å²) in [5, 5.41) is 14.5. The maximum Gasteiger partial charge on any atom is 0.407 e. The second-order valence-corrected chi connectivity index (χ2v) is 10.3. The maximum absolute atomic E-state index is 12.8. The van der Waals surface area contributed by atoms with Gasteiger partial charge in [0.2, 0.25) is 0 Å². The number of carboxylic acid groups (broad SMARTS) is 1. The van der Waals surface area contributed by atoms with Crippen LogP contribution in [0.1, 0.15) is 44.4 Å². The molecule has 1 N–H and O–H groups in total. The molecule has 0 radical (unpaired) electrons. The predicted molar refractivity (Wildman–Crippen MR) is 146 cm³/mol. The van der Waals surface area contributed by atoms with Crippen LogP contribution in [-0.2, 0) is 17.9 Å². The van der Waals surface area contributed by atoms with Crippen LogP contribution in [0.15, 0.2) is 60.9 Å². The van der Waals surface area contributed by atoms with Gasteiger partial charge in [0.1, 0.15) is 5.69 Å². The molecule has 0 spiro atoms. The number of carbonyl (C=O) groups excluding carboxylic acids is 1. The Balaban J connectivity index is 1.59. The Morgan fingerprint density at radius 2 is 1.89 bits per heavy atom. The van der Waals surface area contributed by atoms with Crippen molar-refractivity contribution in [2.24, 2.45) is 0 Å². The van der Waals surface area contributed by atoms with Gasteiger partial charge in [0.15, 0.2) is 0 Å². The SMILES string of the molecule is CCN(C(=O)O)[C@@H]1C[C@H](C)[N+](C)(C(C)=O)c2ccc(-c3cnn(CCN(C)Cc4ccccc4)c3)cc21. The van der Waals surface area contributed by atoms with Crippen LogP contribution >= 0.6 is 0 Å². The molecular formula is C29H38N5O3+. The van der Waals surface area contributed by atoms with Crippen LogP contribution in [0.3, 0.4) is 0 Å². The predicted octanol–water partition coefficient (Wildman–Crippen LogP) is 5.00. The van der Waals surface area contributed by atoms with Crippen molar-refractivity contribution in [3.8, 4) is 11.1 Å². The molecule has 3 atom stereocenters. The first-order chi connectivity index (χ1) is 17.6. The van der Waals surface area contributed by atoms with Gasteiger partial charge in [0, 0.05) is 49.4 Å². The van der Waals surface area contributed by atoms with Crippen LogP contribution in [0.2, 0.25) is 0 Å². The number of likely N-dealkylation sites (N-methyl/N-ethyl adjacent to an activating group) is 1. The number of carbonyl (C=O) groups is 2. The first-order valence-corrected chi connectivity index (χ1v) is 12.9. The smallest absolute Gasteiger partial charge is 0.407 e. The van der Waals surface area contributed by atoms with Gasteiger partial charge >= 0.3 is 12.0 Å². The Kier molecular flexibility index (Phi) is 7.80. The summed E-state index contributed by atoms with van der Waals surface area (Å²) in [6.07, 6.45) is 3.53. The number of fused-ring (bicyclic) bond motifs is 1. The van der Waals surface area contributed by atoms with Gasteiger partial charge in [0.25, 0.3) is 0 Å². The largest absolute Gasteiger partial charge is 0.465 e. The second kappa shape index (κ2) is 10.9. The zero-order valence-corrected chi connectivity index (χ0v) is 22.5. The molecule has 8 heteroatoms. The van der Waals surface area contributed by atoms with Crippen LogP contribution in [0.4, 0.5) is 10.5 Å². The molecule has 2 heterocycles. The molecule has 1 unspecified atom stereocenters. The zero-order valence-electron chi connectivity index (χ0n) is 22.5. The maximum atomic E-state index is 12.8. The van der Waals surface area contributed by atoms with Crippen LogP contribution in [0.5, 0.6) is 0 Å². The molecule has 0 aliphatic carbocycles. The first kappa shape index (κ1) is 26.6. The van der Waals surface area contributed by atoms with Crippen molar-refractivity contribution in [3.63, 3.8) is 0 Å². The standard InChI is InChI=1S/C29H37N5O3/c1-6-33(29(36)37)27-16-21(2)34(5,22(3)35)28-13-12-24(17-26(27)28)25-18-30-32(20-25)15-14-31(4)19-23-10-8-7-9-11-23/h7-13,17-18,20-21,27H,6,14-16,19H2,1-5H3/p+1/t21-,27+,34?/m0/s1. The van der Waals surface area contributed by atoms with E-state index in [2.05, 4.69) is 47.4 Å². The number of rotatable bonds is 8. The van der Waals surface area contributed by atoms with E-state index in [9.17, 15) is 14.7 Å². The van der Waals surface area contributed by atoms with E-state index in [0.29, 0.717) is 13.0 Å². The fourth-order valence-corrected chi connectivity index (χ4v) is 5.47. The lowest BCUT2D eigenvalue weighted by atomic mass is 9.86. The summed E-state index contributed by atoms with van der Waals surface area (Å²) in [4.78, 5) is 28.6. The third-order valence-electron chi connectivity index (χ3n) is 7.92. The number of hydrogen-bond donors (Lipinski definition) is 1. The molecule has 2 amide bonds. The number of quaternary nitrogens is 1. The Morgan fingerprint density at radius 3 is 2.54 bits per heavy atom. The highest BCUT2D eigenvalue weighted by Crippen LogP contribution is 2.45. The molecule has 8 nitrogen and oxygen atoms in total. The molecule has 3 aromatic rings. The Morgan fingerprint density at radius 1 is 1.16 bits per heavy atom. The molecule has 0 saturated carbocycles. The van der Waals surface area contributed by atoms with E-state index in [-0.39, 0.29) is 22.5 Å². The number of benzene rings is 2. The van der Waals surface area contributed by atoms with Gasteiger partial charge < -0.3 is 14.9 Å². The van der Waals surface area contributed by atoms with E-state index >= 15 is 0 Å². The highest BCUT2D eigenvalue weighted by atomic mass is 16.4. The number of nitrogens with zero attached hydrogens (tertiary/aromatic N) is 5. The van der Waals surface area contributed by atoms with Crippen molar-refractivity contribution >= 4 is 17.7 Å². The van der Waals surface area contributed by atoms with Gasteiger partial charge in [-0.3, -0.25) is 4.68 Å². The monoisotopic (exact) mass is 504 g/mol. The van der Waals surface area contributed by atoms with E-state index in [1.54, 1.807) is 6.92 Å². The van der Waals surface area contributed by atoms with Crippen molar-refractivity contribution < 1.29 is 14.7 Å². The minimum Gasteiger partial charge on any atom is -0.465 e. The number of hydrogen-bond acceptors (Lipinski definition) is 4. The van der Waals surface area contributed by atoms with Crippen LogP contribution in [-0.4, -0.2) is 69.9 Å². The summed E-state index contributed by atoms with van der Waals surface area (Å²) in [6.45, 7) is 8.38. The lowest BCUT2D eigenvalue weighted by molar-refractivity contribution is -0.129. The number of amides is 2. The summed E-state index contributed by atoms with van der Waals surface area (Å²) in [7, 11) is 4.04. The van der Waals surface area contributed by atoms with Crippen molar-refractivity contribution in [3.05, 3.63) is 72.1 Å². The lowest BCUT2D eigenvalue weighted by Gasteiger charge is -2.45. The van der Waals surface area contributed by atoms with Gasteiger partial charge in [-0.25, -0.2) is 14.1 Å². The quantitative estimate of drug-likeness (QED) is 0.437. The van der Waals surface area contributed by atoms with Gasteiger partial charge in [0.05, 0.1) is 38.8 Å². The highest BCUT2D eigenvalue weighted by Gasteiger charge is 2.47. The van der Waals surface area contributed by atoms with E-state index in [1.807, 2.05) is 56.2 Å². The molecule has 4 rings (SSSR count). The Bertz CT molecular complexity index is 1260. The minimum atomic E-state index is -0.942. The summed E-state index contributed by atoms with van der Waals surface area (Å²) >= 11 is 0. The van der Waals surface area contributed by atoms with E-state index in [4.69, 9.17) is 0 Å². The van der Waals surface area contributed by atoms with E-state index in [0.717, 1.165) is 42.0 Å². The molecule has 0 saturated heterocycles. The molecule has 0 bridgehead atoms. The fourth-order valence-electron chi connectivity index (χ4n) is 5.47. The second-order valence-electron chi connectivity index (χ2n) is 10.3. The van der Waals surface area contributed by atoms with Gasteiger partial charge in [-0.05, 0) is 44.2 Å². The van der Waals surface area contributed by atoms with Gasteiger partial charge in [-0.1, -0.05) is 30.3 Å². The molecule has 37 heavy (non-hydrogen) atoms. The summed E-state index contributed by atoms with van der Waals surface area (Å²) in [6, 6.07) is 16.1. The topological polar surface area (TPSA) is 78.7 Å². The average Bonchev–Trinajstić information content (AvgIpc) is 3.35. The normalized spacial score (nSPS) is 21.0. The average molecular weight is 505 g/mol. The summed E-state index contributed by atoms with van der Waals surface area (Å²) in [5.41, 5.74) is 4.99. The molecule has 1 aliphatic heterocycles. The summed E-state index contributed by atoms with van der Waals surface area (Å²) in [5.74, 6) is 0.0470. The zero-order chi connectivity index (χ0) is 26.7. The fraction of sp³-hybridized carbons (Fsp3) is 0.414. The van der Waals surface area contributed by atoms with Crippen LogP contribution in [0, 0.1) is 0 Å². The number of aromatic nitrogens is 2. The molecule has 0 fully saturated rings. The van der Waals surface area contributed by atoms with Crippen molar-refractivity contribution in [1.29, 1.82) is 0 Å². The highest BCUT2D eigenvalue weighted by molar-refractivity contribution is 5.89. The molecule has 2 aromatic carbocycles. The third-order valence-corrected chi connectivity index (χ3v) is 7.92. The van der Waals surface area contributed by atoms with Crippen molar-refractivity contribution in [1.82, 2.24) is 24.1 Å². The lowest BCUT2D eigenvalue weighted by Crippen LogP contribution is -2.60. The van der Waals surface area contributed by atoms with E-state index in [1.165, 1.54) is 10.5 Å². The minimum absolute atomic E-state index is 0.0372. The molecule has 196 valence electrons. The Labute approximate surface area is 219 Å². The summed E-state index contributed by atoms with van der Waals surface area (Å²) < 4.78 is 2.11. The van der Waals surface area contributed by atoms with Gasteiger partial charge in [-0.2, -0.15) is 5.10 Å².